The van der Waals surface area contributed by atoms with Crippen molar-refractivity contribution in [2.45, 2.75) is 6.04 Å². The van der Waals surface area contributed by atoms with Crippen LogP contribution in [0.5, 0.6) is 0 Å². The summed E-state index contributed by atoms with van der Waals surface area (Å²) in [7, 11) is 1.55. The Bertz CT molecular complexity index is 509. The first-order chi connectivity index (χ1) is 9.50. The molecule has 1 heterocycles. The summed E-state index contributed by atoms with van der Waals surface area (Å²) < 4.78 is 12.9. The predicted molar refractivity (Wildman–Crippen MR) is 75.7 cm³/mol. The maximum Gasteiger partial charge on any atom is 0.327 e. The number of carboxylic acid groups (broad SMARTS) is 1. The lowest BCUT2D eigenvalue weighted by Gasteiger charge is -2.35. The van der Waals surface area contributed by atoms with Crippen LogP contribution < -0.4 is 4.90 Å². The minimum Gasteiger partial charge on any atom is -0.480 e. The molecule has 1 aromatic carbocycles. The molecule has 1 fully saturated rings. The van der Waals surface area contributed by atoms with Crippen molar-refractivity contribution in [3.63, 3.8) is 0 Å². The van der Waals surface area contributed by atoms with E-state index in [2.05, 4.69) is 0 Å². The fraction of sp³-hybridized carbons (Fsp3) is 0.385. The Morgan fingerprint density at radius 1 is 1.40 bits per heavy atom. The molecule has 7 heteroatoms. The highest BCUT2D eigenvalue weighted by Crippen LogP contribution is 2.21. The minimum atomic E-state index is -1.00. The molecule has 0 bridgehead atoms. The molecule has 1 atom stereocenters. The number of anilines is 1. The summed E-state index contributed by atoms with van der Waals surface area (Å²) in [6.07, 6.45) is 0. The third kappa shape index (κ3) is 3.04. The van der Waals surface area contributed by atoms with Crippen molar-refractivity contribution in [3.05, 3.63) is 30.1 Å². The number of hydrogen-bond acceptors (Lipinski definition) is 3. The Labute approximate surface area is 120 Å². The topological polar surface area (TPSA) is 60.9 Å². The molecule has 20 heavy (non-hydrogen) atoms. The van der Waals surface area contributed by atoms with E-state index in [0.29, 0.717) is 23.7 Å². The van der Waals surface area contributed by atoms with Crippen LogP contribution in [0.25, 0.3) is 0 Å². The van der Waals surface area contributed by atoms with E-state index in [1.54, 1.807) is 7.05 Å². The van der Waals surface area contributed by atoms with Crippen LogP contribution in [0.1, 0.15) is 0 Å². The Morgan fingerprint density at radius 3 is 2.65 bits per heavy atom. The molecule has 5 nitrogen and oxygen atoms in total. The molecule has 1 saturated heterocycles. The van der Waals surface area contributed by atoms with Gasteiger partial charge in [0.15, 0.2) is 0 Å². The highest BCUT2D eigenvalue weighted by molar-refractivity contribution is 7.99. The lowest BCUT2D eigenvalue weighted by atomic mass is 10.2. The number of aliphatic carboxylic acids is 1. The van der Waals surface area contributed by atoms with E-state index < -0.39 is 12.0 Å². The molecule has 2 amide bonds. The molecule has 0 spiro atoms. The van der Waals surface area contributed by atoms with Crippen LogP contribution in [0.3, 0.4) is 0 Å². The highest BCUT2D eigenvalue weighted by Gasteiger charge is 2.34. The van der Waals surface area contributed by atoms with Crippen molar-refractivity contribution < 1.29 is 19.1 Å². The van der Waals surface area contributed by atoms with Crippen molar-refractivity contribution in [2.75, 3.05) is 30.0 Å². The van der Waals surface area contributed by atoms with Crippen molar-refractivity contribution in [2.24, 2.45) is 0 Å². The summed E-state index contributed by atoms with van der Waals surface area (Å²) in [5.74, 6) is -0.282. The van der Waals surface area contributed by atoms with Gasteiger partial charge in [-0.15, -0.1) is 0 Å². The van der Waals surface area contributed by atoms with E-state index in [4.69, 9.17) is 0 Å². The quantitative estimate of drug-likeness (QED) is 0.905. The number of halogens is 1. The molecule has 0 aliphatic carbocycles. The lowest BCUT2D eigenvalue weighted by Crippen LogP contribution is -2.54. The van der Waals surface area contributed by atoms with Gasteiger partial charge in [-0.1, -0.05) is 0 Å². The highest BCUT2D eigenvalue weighted by atomic mass is 32.2. The number of rotatable bonds is 2. The molecule has 1 aliphatic heterocycles. The second-order valence-corrected chi connectivity index (χ2v) is 5.59. The van der Waals surface area contributed by atoms with Gasteiger partial charge in [0.25, 0.3) is 0 Å². The van der Waals surface area contributed by atoms with E-state index in [9.17, 15) is 19.1 Å². The van der Waals surface area contributed by atoms with Crippen LogP contribution >= 0.6 is 11.8 Å². The monoisotopic (exact) mass is 298 g/mol. The smallest absolute Gasteiger partial charge is 0.327 e. The van der Waals surface area contributed by atoms with Gasteiger partial charge < -0.3 is 10.0 Å². The molecule has 1 N–H and O–H groups in total. The zero-order chi connectivity index (χ0) is 14.7. The average molecular weight is 298 g/mol. The van der Waals surface area contributed by atoms with Gasteiger partial charge in [0, 0.05) is 30.8 Å². The molecule has 108 valence electrons. The Balaban J connectivity index is 2.16. The second-order valence-electron chi connectivity index (χ2n) is 4.44. The molecule has 0 aromatic heterocycles. The van der Waals surface area contributed by atoms with E-state index >= 15 is 0 Å². The van der Waals surface area contributed by atoms with Gasteiger partial charge in [-0.2, -0.15) is 11.8 Å². The molecular formula is C13H15FN2O3S. The van der Waals surface area contributed by atoms with Gasteiger partial charge in [0.2, 0.25) is 0 Å². The third-order valence-electron chi connectivity index (χ3n) is 3.16. The molecule has 1 aliphatic rings. The second kappa shape index (κ2) is 6.13. The number of amides is 2. The molecule has 2 rings (SSSR count). The van der Waals surface area contributed by atoms with Gasteiger partial charge in [-0.25, -0.2) is 14.0 Å². The Morgan fingerprint density at radius 2 is 2.05 bits per heavy atom. The van der Waals surface area contributed by atoms with Gasteiger partial charge in [0.05, 0.1) is 0 Å². The van der Waals surface area contributed by atoms with Crippen LogP contribution in [0.15, 0.2) is 24.3 Å². The van der Waals surface area contributed by atoms with Crippen LogP contribution in [0.4, 0.5) is 14.9 Å². The number of nitrogens with zero attached hydrogens (tertiary/aromatic N) is 2. The summed E-state index contributed by atoms with van der Waals surface area (Å²) in [4.78, 5) is 26.3. The maximum atomic E-state index is 12.9. The number of urea groups is 1. The fourth-order valence-corrected chi connectivity index (χ4v) is 3.04. The first-order valence-electron chi connectivity index (χ1n) is 6.11. The Kier molecular flexibility index (Phi) is 4.49. The summed E-state index contributed by atoms with van der Waals surface area (Å²) >= 11 is 1.52. The lowest BCUT2D eigenvalue weighted by molar-refractivity contribution is -0.141. The number of carboxylic acids is 1. The van der Waals surface area contributed by atoms with Crippen molar-refractivity contribution >= 4 is 29.4 Å². The summed E-state index contributed by atoms with van der Waals surface area (Å²) in [6.45, 7) is 0.395. The Hall–Kier alpha value is -1.76. The van der Waals surface area contributed by atoms with Gasteiger partial charge in [0.1, 0.15) is 11.9 Å². The van der Waals surface area contributed by atoms with E-state index in [1.165, 1.54) is 45.8 Å². The molecule has 0 saturated carbocycles. The maximum absolute atomic E-state index is 12.9. The molecule has 0 radical (unpaired) electrons. The SMILES string of the molecule is CN(C(=O)N1CCSCC1C(=O)O)c1ccc(F)cc1. The number of hydrogen-bond donors (Lipinski definition) is 1. The zero-order valence-electron chi connectivity index (χ0n) is 11.0. The van der Waals surface area contributed by atoms with Gasteiger partial charge >= 0.3 is 12.0 Å². The molecular weight excluding hydrogens is 283 g/mol. The normalized spacial score (nSPS) is 18.7. The van der Waals surface area contributed by atoms with E-state index in [1.807, 2.05) is 0 Å². The van der Waals surface area contributed by atoms with E-state index in [0.717, 1.165) is 0 Å². The third-order valence-corrected chi connectivity index (χ3v) is 4.18. The van der Waals surface area contributed by atoms with Crippen molar-refractivity contribution in [1.29, 1.82) is 0 Å². The van der Waals surface area contributed by atoms with Gasteiger partial charge in [-0.05, 0) is 24.3 Å². The van der Waals surface area contributed by atoms with Crippen molar-refractivity contribution in [3.8, 4) is 0 Å². The molecule has 1 unspecified atom stereocenters. The van der Waals surface area contributed by atoms with Gasteiger partial charge in [-0.3, -0.25) is 4.90 Å². The largest absolute Gasteiger partial charge is 0.480 e. The number of carbonyl (C=O) groups excluding carboxylic acids is 1. The van der Waals surface area contributed by atoms with Crippen LogP contribution in [0, 0.1) is 5.82 Å². The first kappa shape index (κ1) is 14.6. The van der Waals surface area contributed by atoms with Crippen molar-refractivity contribution in [1.82, 2.24) is 4.90 Å². The van der Waals surface area contributed by atoms with Crippen LogP contribution in [0.2, 0.25) is 0 Å². The number of thioether (sulfide) groups is 1. The minimum absolute atomic E-state index is 0.382. The molecule has 1 aromatic rings. The van der Waals surface area contributed by atoms with Crippen LogP contribution in [-0.2, 0) is 4.79 Å². The summed E-state index contributed by atoms with van der Waals surface area (Å²) in [5, 5.41) is 9.17. The summed E-state index contributed by atoms with van der Waals surface area (Å²) in [5.41, 5.74) is 0.527. The fourth-order valence-electron chi connectivity index (χ4n) is 2.01. The zero-order valence-corrected chi connectivity index (χ0v) is 11.8. The van der Waals surface area contributed by atoms with E-state index in [-0.39, 0.29) is 11.8 Å². The standard InChI is InChI=1S/C13H15FN2O3S/c1-15(10-4-2-9(14)3-5-10)13(19)16-6-7-20-8-11(16)12(17)18/h2-5,11H,6-8H2,1H3,(H,17,18). The number of carbonyl (C=O) groups is 2. The van der Waals surface area contributed by atoms with Crippen LogP contribution in [-0.4, -0.2) is 53.1 Å². The summed E-state index contributed by atoms with van der Waals surface area (Å²) in [6, 6.07) is 4.30. The predicted octanol–water partition coefficient (Wildman–Crippen LogP) is 1.88. The first-order valence-corrected chi connectivity index (χ1v) is 7.26. The number of benzene rings is 1. The average Bonchev–Trinajstić information content (AvgIpc) is 2.46.